The Balaban J connectivity index is 1.89. The van der Waals surface area contributed by atoms with E-state index in [1.54, 1.807) is 18.2 Å². The monoisotopic (exact) mass is 358 g/mol. The van der Waals surface area contributed by atoms with Gasteiger partial charge in [0.05, 0.1) is 12.3 Å². The van der Waals surface area contributed by atoms with E-state index in [0.717, 1.165) is 17.0 Å². The second-order valence-electron chi connectivity index (χ2n) is 5.61. The number of fused-ring (bicyclic) bond motifs is 1. The molecule has 1 amide bonds. The predicted molar refractivity (Wildman–Crippen MR) is 97.8 cm³/mol. The maximum atomic E-state index is 12.4. The summed E-state index contributed by atoms with van der Waals surface area (Å²) in [4.78, 5) is 29.8. The highest BCUT2D eigenvalue weighted by atomic mass is 32.1. The van der Waals surface area contributed by atoms with Crippen molar-refractivity contribution >= 4 is 33.3 Å². The van der Waals surface area contributed by atoms with Crippen molar-refractivity contribution < 1.29 is 13.9 Å². The van der Waals surface area contributed by atoms with Crippen LogP contribution in [0.4, 0.5) is 5.13 Å². The highest BCUT2D eigenvalue weighted by Crippen LogP contribution is 2.23. The summed E-state index contributed by atoms with van der Waals surface area (Å²) in [6, 6.07) is 6.72. The topological polar surface area (TPSA) is 81.4 Å². The standard InChI is InChI=1S/C18H18N2O4S/c1-4-7-23-13-6-5-12-8-14(17(22)24-15(12)9-13)16(21)20-18-19-10(2)11(3)25-18/h5-6,8-9H,4,7H2,1-3H3,(H,19,20,21). The predicted octanol–water partition coefficient (Wildman–Crippen LogP) is 3.91. The second kappa shape index (κ2) is 7.06. The molecular weight excluding hydrogens is 340 g/mol. The molecule has 0 radical (unpaired) electrons. The Bertz CT molecular complexity index is 971. The van der Waals surface area contributed by atoms with Crippen LogP contribution in [-0.4, -0.2) is 17.5 Å². The quantitative estimate of drug-likeness (QED) is 0.699. The molecule has 3 rings (SSSR count). The lowest BCUT2D eigenvalue weighted by molar-refractivity contribution is 0.102. The number of carbonyl (C=O) groups excluding carboxylic acids is 1. The first-order valence-electron chi connectivity index (χ1n) is 7.94. The third-order valence-corrected chi connectivity index (χ3v) is 4.66. The normalized spacial score (nSPS) is 10.8. The third-order valence-electron chi connectivity index (χ3n) is 3.67. The lowest BCUT2D eigenvalue weighted by Gasteiger charge is -2.06. The number of nitrogens with one attached hydrogen (secondary N) is 1. The van der Waals surface area contributed by atoms with E-state index in [1.165, 1.54) is 17.4 Å². The molecule has 0 saturated carbocycles. The number of carbonyl (C=O) groups is 1. The minimum atomic E-state index is -0.692. The van der Waals surface area contributed by atoms with Gasteiger partial charge in [0.2, 0.25) is 0 Å². The summed E-state index contributed by atoms with van der Waals surface area (Å²) in [6.07, 6.45) is 0.886. The van der Waals surface area contributed by atoms with Gasteiger partial charge in [-0.25, -0.2) is 9.78 Å². The van der Waals surface area contributed by atoms with E-state index in [4.69, 9.17) is 9.15 Å². The zero-order chi connectivity index (χ0) is 18.0. The molecule has 7 heteroatoms. The molecular formula is C18H18N2O4S. The smallest absolute Gasteiger partial charge is 0.349 e. The van der Waals surface area contributed by atoms with Crippen LogP contribution >= 0.6 is 11.3 Å². The highest BCUT2D eigenvalue weighted by molar-refractivity contribution is 7.15. The van der Waals surface area contributed by atoms with Gasteiger partial charge >= 0.3 is 5.63 Å². The second-order valence-corrected chi connectivity index (χ2v) is 6.81. The van der Waals surface area contributed by atoms with Gasteiger partial charge < -0.3 is 9.15 Å². The Morgan fingerprint density at radius 1 is 1.32 bits per heavy atom. The van der Waals surface area contributed by atoms with E-state index in [0.29, 0.717) is 28.5 Å². The van der Waals surface area contributed by atoms with E-state index in [9.17, 15) is 9.59 Å². The molecule has 0 aliphatic carbocycles. The Kier molecular flexibility index (Phi) is 4.85. The molecule has 6 nitrogen and oxygen atoms in total. The number of nitrogens with zero attached hydrogens (tertiary/aromatic N) is 1. The summed E-state index contributed by atoms with van der Waals surface area (Å²) in [6.45, 7) is 6.38. The van der Waals surface area contributed by atoms with Gasteiger partial charge in [-0.3, -0.25) is 10.1 Å². The first-order valence-corrected chi connectivity index (χ1v) is 8.75. The van der Waals surface area contributed by atoms with Crippen molar-refractivity contribution in [2.75, 3.05) is 11.9 Å². The fraction of sp³-hybridized carbons (Fsp3) is 0.278. The summed E-state index contributed by atoms with van der Waals surface area (Å²) in [7, 11) is 0. The number of anilines is 1. The van der Waals surface area contributed by atoms with Gasteiger partial charge in [0, 0.05) is 16.3 Å². The molecule has 0 unspecified atom stereocenters. The molecule has 0 aliphatic heterocycles. The van der Waals surface area contributed by atoms with Gasteiger partial charge in [0.1, 0.15) is 16.9 Å². The molecule has 1 N–H and O–H groups in total. The number of aryl methyl sites for hydroxylation is 2. The van der Waals surface area contributed by atoms with Crippen molar-refractivity contribution in [3.8, 4) is 5.75 Å². The van der Waals surface area contributed by atoms with E-state index >= 15 is 0 Å². The average Bonchev–Trinajstić information content (AvgIpc) is 2.89. The van der Waals surface area contributed by atoms with Crippen molar-refractivity contribution in [1.82, 2.24) is 4.98 Å². The minimum absolute atomic E-state index is 0.0553. The van der Waals surface area contributed by atoms with Crippen LogP contribution in [0.15, 0.2) is 33.5 Å². The van der Waals surface area contributed by atoms with Crippen molar-refractivity contribution in [3.05, 3.63) is 50.8 Å². The zero-order valence-electron chi connectivity index (χ0n) is 14.2. The SMILES string of the molecule is CCCOc1ccc2cc(C(=O)Nc3nc(C)c(C)s3)c(=O)oc2c1. The fourth-order valence-electron chi connectivity index (χ4n) is 2.25. The molecule has 0 saturated heterocycles. The van der Waals surface area contributed by atoms with E-state index in [1.807, 2.05) is 20.8 Å². The van der Waals surface area contributed by atoms with Gasteiger partial charge in [-0.1, -0.05) is 6.92 Å². The maximum absolute atomic E-state index is 12.4. The number of rotatable bonds is 5. The average molecular weight is 358 g/mol. The summed E-state index contributed by atoms with van der Waals surface area (Å²) in [5.74, 6) is 0.0964. The van der Waals surface area contributed by atoms with Gasteiger partial charge in [0.15, 0.2) is 5.13 Å². The minimum Gasteiger partial charge on any atom is -0.493 e. The van der Waals surface area contributed by atoms with Crippen molar-refractivity contribution in [2.45, 2.75) is 27.2 Å². The summed E-state index contributed by atoms with van der Waals surface area (Å²) in [5.41, 5.74) is 0.490. The molecule has 25 heavy (non-hydrogen) atoms. The van der Waals surface area contributed by atoms with Crippen LogP contribution < -0.4 is 15.7 Å². The first kappa shape index (κ1) is 17.2. The first-order chi connectivity index (χ1) is 12.0. The molecule has 0 fully saturated rings. The van der Waals surface area contributed by atoms with Gasteiger partial charge in [-0.15, -0.1) is 11.3 Å². The Morgan fingerprint density at radius 2 is 2.12 bits per heavy atom. The summed E-state index contributed by atoms with van der Waals surface area (Å²) >= 11 is 1.36. The Hall–Kier alpha value is -2.67. The molecule has 2 heterocycles. The van der Waals surface area contributed by atoms with Crippen LogP contribution in [0, 0.1) is 13.8 Å². The number of aromatic nitrogens is 1. The Morgan fingerprint density at radius 3 is 2.80 bits per heavy atom. The summed E-state index contributed by atoms with van der Waals surface area (Å²) in [5, 5.41) is 3.76. The van der Waals surface area contributed by atoms with E-state index < -0.39 is 11.5 Å². The largest absolute Gasteiger partial charge is 0.493 e. The lowest BCUT2D eigenvalue weighted by atomic mass is 10.1. The molecule has 2 aromatic heterocycles. The van der Waals surface area contributed by atoms with Crippen LogP contribution in [0.25, 0.3) is 11.0 Å². The number of thiazole rings is 1. The van der Waals surface area contributed by atoms with Crippen LogP contribution in [0.5, 0.6) is 5.75 Å². The number of hydrogen-bond donors (Lipinski definition) is 1. The maximum Gasteiger partial charge on any atom is 0.349 e. The molecule has 0 aliphatic rings. The van der Waals surface area contributed by atoms with Crippen LogP contribution in [-0.2, 0) is 0 Å². The number of amides is 1. The van der Waals surface area contributed by atoms with Crippen molar-refractivity contribution in [1.29, 1.82) is 0 Å². The molecule has 0 spiro atoms. The number of ether oxygens (including phenoxy) is 1. The molecule has 1 aromatic carbocycles. The van der Waals surface area contributed by atoms with Crippen LogP contribution in [0.2, 0.25) is 0 Å². The molecule has 0 bridgehead atoms. The van der Waals surface area contributed by atoms with Crippen LogP contribution in [0.3, 0.4) is 0 Å². The summed E-state index contributed by atoms with van der Waals surface area (Å²) < 4.78 is 10.8. The lowest BCUT2D eigenvalue weighted by Crippen LogP contribution is -2.20. The van der Waals surface area contributed by atoms with E-state index in [-0.39, 0.29) is 5.56 Å². The van der Waals surface area contributed by atoms with Gasteiger partial charge in [-0.05, 0) is 38.5 Å². The fourth-order valence-corrected chi connectivity index (χ4v) is 3.06. The van der Waals surface area contributed by atoms with Gasteiger partial charge in [0.25, 0.3) is 5.91 Å². The van der Waals surface area contributed by atoms with Crippen molar-refractivity contribution in [2.24, 2.45) is 0 Å². The number of benzene rings is 1. The number of hydrogen-bond acceptors (Lipinski definition) is 6. The zero-order valence-corrected chi connectivity index (χ0v) is 15.0. The van der Waals surface area contributed by atoms with Crippen molar-refractivity contribution in [3.63, 3.8) is 0 Å². The molecule has 3 aromatic rings. The van der Waals surface area contributed by atoms with Gasteiger partial charge in [-0.2, -0.15) is 0 Å². The highest BCUT2D eigenvalue weighted by Gasteiger charge is 2.16. The third kappa shape index (κ3) is 3.71. The molecule has 130 valence electrons. The Labute approximate surface area is 148 Å². The molecule has 0 atom stereocenters. The van der Waals surface area contributed by atoms with E-state index in [2.05, 4.69) is 10.3 Å². The van der Waals surface area contributed by atoms with Crippen LogP contribution in [0.1, 0.15) is 34.3 Å².